The van der Waals surface area contributed by atoms with Gasteiger partial charge >= 0.3 is 0 Å². The molecule has 0 aliphatic carbocycles. The molecule has 1 saturated heterocycles. The van der Waals surface area contributed by atoms with Crippen molar-refractivity contribution in [3.8, 4) is 5.75 Å². The average molecular weight is 294 g/mol. The van der Waals surface area contributed by atoms with Crippen LogP contribution in [0.1, 0.15) is 6.92 Å². The van der Waals surface area contributed by atoms with Gasteiger partial charge in [-0.3, -0.25) is 9.69 Å². The lowest BCUT2D eigenvalue weighted by molar-refractivity contribution is -0.120. The molecule has 1 atom stereocenters. The highest BCUT2D eigenvalue weighted by molar-refractivity contribution is 5.93. The van der Waals surface area contributed by atoms with Gasteiger partial charge in [-0.15, -0.1) is 0 Å². The van der Waals surface area contributed by atoms with E-state index in [0.717, 1.165) is 0 Å². The molecular weight excluding hydrogens is 272 g/mol. The summed E-state index contributed by atoms with van der Waals surface area (Å²) in [6.45, 7) is 4.35. The number of rotatable bonds is 6. The summed E-state index contributed by atoms with van der Waals surface area (Å²) in [6, 6.07) is 7.23. The van der Waals surface area contributed by atoms with Crippen LogP contribution < -0.4 is 10.1 Å². The maximum absolute atomic E-state index is 12.2. The normalized spacial score (nSPS) is 19.2. The van der Waals surface area contributed by atoms with Gasteiger partial charge in [-0.05, 0) is 19.1 Å². The molecule has 2 N–H and O–H groups in total. The third-order valence-corrected chi connectivity index (χ3v) is 3.37. The Bertz CT molecular complexity index is 467. The molecule has 21 heavy (non-hydrogen) atoms. The maximum Gasteiger partial charge on any atom is 0.238 e. The highest BCUT2D eigenvalue weighted by Crippen LogP contribution is 2.23. The number of nitrogens with zero attached hydrogens (tertiary/aromatic N) is 1. The van der Waals surface area contributed by atoms with Crippen molar-refractivity contribution in [2.75, 3.05) is 44.8 Å². The topological polar surface area (TPSA) is 71.0 Å². The summed E-state index contributed by atoms with van der Waals surface area (Å²) in [7, 11) is 0. The molecule has 1 aliphatic heterocycles. The maximum atomic E-state index is 12.2. The molecule has 0 bridgehead atoms. The van der Waals surface area contributed by atoms with E-state index in [4.69, 9.17) is 9.47 Å². The molecule has 1 fully saturated rings. The molecule has 0 radical (unpaired) electrons. The Balaban J connectivity index is 1.95. The zero-order chi connectivity index (χ0) is 15.1. The van der Waals surface area contributed by atoms with Crippen molar-refractivity contribution in [2.45, 2.75) is 13.0 Å². The first-order valence-electron chi connectivity index (χ1n) is 7.19. The molecular formula is C15H22N2O4. The van der Waals surface area contributed by atoms with E-state index >= 15 is 0 Å². The van der Waals surface area contributed by atoms with E-state index in [2.05, 4.69) is 5.32 Å². The average Bonchev–Trinajstić information content (AvgIpc) is 2.50. The van der Waals surface area contributed by atoms with Crippen molar-refractivity contribution >= 4 is 11.6 Å². The Morgan fingerprint density at radius 2 is 2.33 bits per heavy atom. The lowest BCUT2D eigenvalue weighted by Gasteiger charge is -2.33. The molecule has 2 rings (SSSR count). The van der Waals surface area contributed by atoms with Crippen LogP contribution in [0.25, 0.3) is 0 Å². The number of carbonyl (C=O) groups excluding carboxylic acids is 1. The van der Waals surface area contributed by atoms with Gasteiger partial charge in [-0.25, -0.2) is 0 Å². The predicted octanol–water partition coefficient (Wildman–Crippen LogP) is 0.717. The number of nitrogens with one attached hydrogen (secondary N) is 1. The molecule has 1 amide bonds. The Labute approximate surface area is 124 Å². The first-order chi connectivity index (χ1) is 10.2. The van der Waals surface area contributed by atoms with Gasteiger partial charge in [-0.2, -0.15) is 0 Å². The molecule has 1 aromatic rings. The second-order valence-electron chi connectivity index (χ2n) is 4.86. The number of amides is 1. The minimum Gasteiger partial charge on any atom is -0.492 e. The standard InChI is InChI=1S/C15H22N2O4/c1-2-21-14-6-4-3-5-13(14)16-15(19)9-17-7-8-20-11-12(17)10-18/h3-6,12,18H,2,7-11H2,1H3,(H,16,19). The number of aliphatic hydroxyl groups is 1. The van der Waals surface area contributed by atoms with Gasteiger partial charge in [0.05, 0.1) is 44.7 Å². The van der Waals surface area contributed by atoms with Crippen LogP contribution in [0.3, 0.4) is 0 Å². The van der Waals surface area contributed by atoms with Gasteiger partial charge in [0.25, 0.3) is 0 Å². The number of morpholine rings is 1. The van der Waals surface area contributed by atoms with Crippen LogP contribution in [0.2, 0.25) is 0 Å². The Hall–Kier alpha value is -1.63. The zero-order valence-corrected chi connectivity index (χ0v) is 12.2. The van der Waals surface area contributed by atoms with Crippen molar-refractivity contribution in [2.24, 2.45) is 0 Å². The molecule has 116 valence electrons. The van der Waals surface area contributed by atoms with Gasteiger partial charge in [0.2, 0.25) is 5.91 Å². The summed E-state index contributed by atoms with van der Waals surface area (Å²) in [5, 5.41) is 12.2. The minimum atomic E-state index is -0.123. The third-order valence-electron chi connectivity index (χ3n) is 3.37. The highest BCUT2D eigenvalue weighted by Gasteiger charge is 2.24. The second kappa shape index (κ2) is 7.97. The number of aliphatic hydroxyl groups excluding tert-OH is 1. The monoisotopic (exact) mass is 294 g/mol. The first kappa shape index (κ1) is 15.8. The Morgan fingerprint density at radius 3 is 3.10 bits per heavy atom. The van der Waals surface area contributed by atoms with Crippen molar-refractivity contribution in [1.82, 2.24) is 4.90 Å². The zero-order valence-electron chi connectivity index (χ0n) is 12.2. The van der Waals surface area contributed by atoms with E-state index < -0.39 is 0 Å². The summed E-state index contributed by atoms with van der Waals surface area (Å²) in [6.07, 6.45) is 0. The van der Waals surface area contributed by atoms with Crippen molar-refractivity contribution in [3.05, 3.63) is 24.3 Å². The fourth-order valence-electron chi connectivity index (χ4n) is 2.29. The van der Waals surface area contributed by atoms with Gasteiger partial charge in [0.15, 0.2) is 0 Å². The van der Waals surface area contributed by atoms with Gasteiger partial charge < -0.3 is 19.9 Å². The largest absolute Gasteiger partial charge is 0.492 e. The van der Waals surface area contributed by atoms with Crippen LogP contribution in [-0.4, -0.2) is 61.5 Å². The molecule has 0 saturated carbocycles. The first-order valence-corrected chi connectivity index (χ1v) is 7.19. The smallest absolute Gasteiger partial charge is 0.238 e. The lowest BCUT2D eigenvalue weighted by Crippen LogP contribution is -2.50. The molecule has 1 unspecified atom stereocenters. The van der Waals surface area contributed by atoms with Gasteiger partial charge in [0, 0.05) is 6.54 Å². The van der Waals surface area contributed by atoms with E-state index in [1.54, 1.807) is 0 Å². The number of benzene rings is 1. The van der Waals surface area contributed by atoms with E-state index in [-0.39, 0.29) is 25.1 Å². The summed E-state index contributed by atoms with van der Waals surface area (Å²) in [5.74, 6) is 0.538. The number of para-hydroxylation sites is 2. The fourth-order valence-corrected chi connectivity index (χ4v) is 2.29. The summed E-state index contributed by atoms with van der Waals surface area (Å²) < 4.78 is 10.8. The predicted molar refractivity (Wildman–Crippen MR) is 79.5 cm³/mol. The van der Waals surface area contributed by atoms with Crippen molar-refractivity contribution < 1.29 is 19.4 Å². The highest BCUT2D eigenvalue weighted by atomic mass is 16.5. The fraction of sp³-hybridized carbons (Fsp3) is 0.533. The molecule has 1 heterocycles. The van der Waals surface area contributed by atoms with Crippen LogP contribution >= 0.6 is 0 Å². The SMILES string of the molecule is CCOc1ccccc1NC(=O)CN1CCOCC1CO. The number of hydrogen-bond acceptors (Lipinski definition) is 5. The lowest BCUT2D eigenvalue weighted by atomic mass is 10.2. The van der Waals surface area contributed by atoms with E-state index in [1.165, 1.54) is 0 Å². The third kappa shape index (κ3) is 4.42. The van der Waals surface area contributed by atoms with Crippen molar-refractivity contribution in [3.63, 3.8) is 0 Å². The van der Waals surface area contributed by atoms with Crippen LogP contribution in [-0.2, 0) is 9.53 Å². The summed E-state index contributed by atoms with van der Waals surface area (Å²) in [5.41, 5.74) is 0.665. The molecule has 6 heteroatoms. The minimum absolute atomic E-state index is 0.0111. The molecule has 0 aromatic heterocycles. The summed E-state index contributed by atoms with van der Waals surface area (Å²) in [4.78, 5) is 14.1. The molecule has 1 aromatic carbocycles. The molecule has 1 aliphatic rings. The van der Waals surface area contributed by atoms with Gasteiger partial charge in [-0.1, -0.05) is 12.1 Å². The van der Waals surface area contributed by atoms with Crippen LogP contribution in [0, 0.1) is 0 Å². The van der Waals surface area contributed by atoms with E-state index in [1.807, 2.05) is 36.1 Å². The number of ether oxygens (including phenoxy) is 2. The summed E-state index contributed by atoms with van der Waals surface area (Å²) >= 11 is 0. The van der Waals surface area contributed by atoms with E-state index in [9.17, 15) is 9.90 Å². The Morgan fingerprint density at radius 1 is 1.52 bits per heavy atom. The molecule has 0 spiro atoms. The van der Waals surface area contributed by atoms with Crippen molar-refractivity contribution in [1.29, 1.82) is 0 Å². The number of carbonyl (C=O) groups is 1. The van der Waals surface area contributed by atoms with Crippen LogP contribution in [0.15, 0.2) is 24.3 Å². The number of anilines is 1. The second-order valence-corrected chi connectivity index (χ2v) is 4.86. The van der Waals surface area contributed by atoms with Crippen LogP contribution in [0.5, 0.6) is 5.75 Å². The van der Waals surface area contributed by atoms with E-state index in [0.29, 0.717) is 37.8 Å². The number of hydrogen-bond donors (Lipinski definition) is 2. The Kier molecular flexibility index (Phi) is 5.98. The quantitative estimate of drug-likeness (QED) is 0.809. The van der Waals surface area contributed by atoms with Gasteiger partial charge in [0.1, 0.15) is 5.75 Å². The van der Waals surface area contributed by atoms with Crippen LogP contribution in [0.4, 0.5) is 5.69 Å². The molecule has 6 nitrogen and oxygen atoms in total.